The third-order valence-electron chi connectivity index (χ3n) is 4.01. The molecule has 156 valence electrons. The van der Waals surface area contributed by atoms with Crippen molar-refractivity contribution in [3.8, 4) is 5.75 Å². The van der Waals surface area contributed by atoms with Crippen LogP contribution >= 0.6 is 34.5 Å². The van der Waals surface area contributed by atoms with E-state index in [0.717, 1.165) is 29.0 Å². The van der Waals surface area contributed by atoms with Crippen LogP contribution in [0.2, 0.25) is 10.0 Å². The van der Waals surface area contributed by atoms with Crippen LogP contribution in [0.3, 0.4) is 0 Å². The summed E-state index contributed by atoms with van der Waals surface area (Å²) < 4.78 is 18.7. The molecular weight excluding hydrogens is 450 g/mol. The van der Waals surface area contributed by atoms with Crippen LogP contribution in [0.15, 0.2) is 48.5 Å². The second-order valence-electron chi connectivity index (χ2n) is 6.26. The summed E-state index contributed by atoms with van der Waals surface area (Å²) in [6, 6.07) is 12.2. The highest BCUT2D eigenvalue weighted by Gasteiger charge is 2.17. The minimum absolute atomic E-state index is 0.0134. The summed E-state index contributed by atoms with van der Waals surface area (Å²) in [5, 5.41) is 6.58. The Morgan fingerprint density at radius 3 is 2.50 bits per heavy atom. The maximum absolute atomic E-state index is 13.2. The van der Waals surface area contributed by atoms with Gasteiger partial charge in [-0.25, -0.2) is 4.39 Å². The molecule has 2 N–H and O–H groups in total. The van der Waals surface area contributed by atoms with Crippen LogP contribution in [0.1, 0.15) is 25.6 Å². The summed E-state index contributed by atoms with van der Waals surface area (Å²) in [5.74, 6) is -0.616. The van der Waals surface area contributed by atoms with Crippen LogP contribution in [0, 0.1) is 12.7 Å². The molecule has 0 spiro atoms. The van der Waals surface area contributed by atoms with E-state index in [1.165, 1.54) is 6.07 Å². The van der Waals surface area contributed by atoms with Crippen LogP contribution in [0.4, 0.5) is 9.39 Å². The number of thiophene rings is 1. The number of anilines is 1. The second kappa shape index (κ2) is 9.93. The molecule has 2 amide bonds. The van der Waals surface area contributed by atoms with Crippen molar-refractivity contribution in [1.29, 1.82) is 0 Å². The zero-order valence-corrected chi connectivity index (χ0v) is 18.1. The molecule has 0 saturated carbocycles. The van der Waals surface area contributed by atoms with Gasteiger partial charge >= 0.3 is 0 Å². The Balaban J connectivity index is 1.54. The van der Waals surface area contributed by atoms with E-state index < -0.39 is 11.7 Å². The molecule has 3 rings (SSSR count). The van der Waals surface area contributed by atoms with Crippen LogP contribution in [0.25, 0.3) is 0 Å². The topological polar surface area (TPSA) is 67.4 Å². The van der Waals surface area contributed by atoms with Crippen molar-refractivity contribution < 1.29 is 18.7 Å². The first-order valence-electron chi connectivity index (χ1n) is 8.87. The summed E-state index contributed by atoms with van der Waals surface area (Å²) in [7, 11) is 0. The van der Waals surface area contributed by atoms with Crippen molar-refractivity contribution in [1.82, 2.24) is 5.32 Å². The predicted octanol–water partition coefficient (Wildman–Crippen LogP) is 5.56. The van der Waals surface area contributed by atoms with E-state index in [1.54, 1.807) is 37.3 Å². The van der Waals surface area contributed by atoms with E-state index in [2.05, 4.69) is 10.6 Å². The maximum Gasteiger partial charge on any atom is 0.261 e. The molecule has 2 aromatic carbocycles. The Kier molecular flexibility index (Phi) is 7.31. The first kappa shape index (κ1) is 22.1. The SMILES string of the molecule is Cc1cc(NC(=O)c2ccc(F)cc2Cl)sc1C(=O)NCCOc1ccc(Cl)cc1. The highest BCUT2D eigenvalue weighted by atomic mass is 35.5. The smallest absolute Gasteiger partial charge is 0.261 e. The fourth-order valence-electron chi connectivity index (χ4n) is 2.57. The average molecular weight is 467 g/mol. The van der Waals surface area contributed by atoms with E-state index in [-0.39, 0.29) is 16.5 Å². The number of hydrogen-bond acceptors (Lipinski definition) is 4. The molecule has 5 nitrogen and oxygen atoms in total. The van der Waals surface area contributed by atoms with Gasteiger partial charge in [-0.2, -0.15) is 0 Å². The zero-order valence-electron chi connectivity index (χ0n) is 15.8. The molecule has 0 aliphatic rings. The number of aryl methyl sites for hydroxylation is 1. The van der Waals surface area contributed by atoms with Crippen molar-refractivity contribution in [3.63, 3.8) is 0 Å². The van der Waals surface area contributed by atoms with E-state index in [1.807, 2.05) is 0 Å². The van der Waals surface area contributed by atoms with Gasteiger partial charge in [0, 0.05) is 5.02 Å². The number of carbonyl (C=O) groups excluding carboxylic acids is 2. The first-order chi connectivity index (χ1) is 14.3. The average Bonchev–Trinajstić information content (AvgIpc) is 3.06. The monoisotopic (exact) mass is 466 g/mol. The van der Waals surface area contributed by atoms with Gasteiger partial charge in [-0.15, -0.1) is 11.3 Å². The number of nitrogens with one attached hydrogen (secondary N) is 2. The minimum atomic E-state index is -0.525. The van der Waals surface area contributed by atoms with E-state index in [0.29, 0.717) is 33.8 Å². The number of carbonyl (C=O) groups is 2. The van der Waals surface area contributed by atoms with Crippen LogP contribution in [-0.2, 0) is 0 Å². The lowest BCUT2D eigenvalue weighted by Gasteiger charge is -2.07. The van der Waals surface area contributed by atoms with E-state index >= 15 is 0 Å². The summed E-state index contributed by atoms with van der Waals surface area (Å²) in [4.78, 5) is 25.3. The molecule has 0 fully saturated rings. The Bertz CT molecular complexity index is 1070. The molecule has 30 heavy (non-hydrogen) atoms. The molecule has 0 saturated heterocycles. The molecule has 0 aliphatic heterocycles. The molecular formula is C21H17Cl2FN2O3S. The van der Waals surface area contributed by atoms with Crippen molar-refractivity contribution in [2.24, 2.45) is 0 Å². The van der Waals surface area contributed by atoms with E-state index in [9.17, 15) is 14.0 Å². The van der Waals surface area contributed by atoms with Gasteiger partial charge < -0.3 is 15.4 Å². The number of ether oxygens (including phenoxy) is 1. The fourth-order valence-corrected chi connectivity index (χ4v) is 3.93. The van der Waals surface area contributed by atoms with Gasteiger partial charge in [-0.3, -0.25) is 9.59 Å². The molecule has 0 aliphatic carbocycles. The molecule has 1 aromatic heterocycles. The Morgan fingerprint density at radius 2 is 1.80 bits per heavy atom. The third kappa shape index (κ3) is 5.72. The summed E-state index contributed by atoms with van der Waals surface area (Å²) >= 11 is 12.9. The largest absolute Gasteiger partial charge is 0.492 e. The third-order valence-corrected chi connectivity index (χ3v) is 5.72. The van der Waals surface area contributed by atoms with Gasteiger partial charge in [0.2, 0.25) is 0 Å². The van der Waals surface area contributed by atoms with Gasteiger partial charge in [0.05, 0.1) is 27.0 Å². The predicted molar refractivity (Wildman–Crippen MR) is 118 cm³/mol. The number of hydrogen-bond donors (Lipinski definition) is 2. The zero-order chi connectivity index (χ0) is 21.7. The summed E-state index contributed by atoms with van der Waals surface area (Å²) in [6.45, 7) is 2.38. The van der Waals surface area contributed by atoms with Crippen molar-refractivity contribution in [2.75, 3.05) is 18.5 Å². The molecule has 3 aromatic rings. The lowest BCUT2D eigenvalue weighted by atomic mass is 10.2. The Hall–Kier alpha value is -2.61. The van der Waals surface area contributed by atoms with Crippen LogP contribution in [-0.4, -0.2) is 25.0 Å². The molecule has 0 radical (unpaired) electrons. The van der Waals surface area contributed by atoms with Gasteiger partial charge in [0.15, 0.2) is 0 Å². The highest BCUT2D eigenvalue weighted by molar-refractivity contribution is 7.18. The number of rotatable bonds is 7. The summed E-state index contributed by atoms with van der Waals surface area (Å²) in [6.07, 6.45) is 0. The van der Waals surface area contributed by atoms with Crippen molar-refractivity contribution in [3.05, 3.63) is 80.4 Å². The molecule has 0 unspecified atom stereocenters. The summed E-state index contributed by atoms with van der Waals surface area (Å²) in [5.41, 5.74) is 0.867. The molecule has 9 heteroatoms. The van der Waals surface area contributed by atoms with Gasteiger partial charge in [0.1, 0.15) is 18.2 Å². The molecule has 0 atom stereocenters. The Morgan fingerprint density at radius 1 is 1.07 bits per heavy atom. The normalized spacial score (nSPS) is 10.5. The van der Waals surface area contributed by atoms with Gasteiger partial charge in [-0.1, -0.05) is 23.2 Å². The van der Waals surface area contributed by atoms with Gasteiger partial charge in [0.25, 0.3) is 11.8 Å². The number of amides is 2. The highest BCUT2D eigenvalue weighted by Crippen LogP contribution is 2.28. The second-order valence-corrected chi connectivity index (χ2v) is 8.16. The van der Waals surface area contributed by atoms with Crippen molar-refractivity contribution >= 4 is 51.4 Å². The Labute approximate surface area is 186 Å². The quantitative estimate of drug-likeness (QED) is 0.447. The van der Waals surface area contributed by atoms with E-state index in [4.69, 9.17) is 27.9 Å². The van der Waals surface area contributed by atoms with Crippen molar-refractivity contribution in [2.45, 2.75) is 6.92 Å². The van der Waals surface area contributed by atoms with Crippen LogP contribution < -0.4 is 15.4 Å². The number of benzene rings is 2. The lowest BCUT2D eigenvalue weighted by Crippen LogP contribution is -2.27. The maximum atomic E-state index is 13.2. The molecule has 0 bridgehead atoms. The fraction of sp³-hybridized carbons (Fsp3) is 0.143. The minimum Gasteiger partial charge on any atom is -0.492 e. The molecule has 1 heterocycles. The standard InChI is InChI=1S/C21H17Cl2FN2O3S/c1-12-10-18(26-20(27)16-7-4-14(24)11-17(16)23)30-19(12)21(28)25-8-9-29-15-5-2-13(22)3-6-15/h2-7,10-11H,8-9H2,1H3,(H,25,28)(H,26,27). The van der Waals surface area contributed by atoms with Crippen LogP contribution in [0.5, 0.6) is 5.75 Å². The first-order valence-corrected chi connectivity index (χ1v) is 10.4. The number of halogens is 3. The van der Waals surface area contributed by atoms with Gasteiger partial charge in [-0.05, 0) is 61.0 Å². The lowest BCUT2D eigenvalue weighted by molar-refractivity contribution is 0.0949.